The van der Waals surface area contributed by atoms with Crippen molar-refractivity contribution in [2.75, 3.05) is 24.7 Å². The summed E-state index contributed by atoms with van der Waals surface area (Å²) in [6, 6.07) is 7.91. The van der Waals surface area contributed by atoms with Gasteiger partial charge in [0.15, 0.2) is 10.0 Å². The van der Waals surface area contributed by atoms with E-state index in [2.05, 4.69) is 20.8 Å². The summed E-state index contributed by atoms with van der Waals surface area (Å²) in [6.45, 7) is 10.5. The Morgan fingerprint density at radius 1 is 0.962 bits per heavy atom. The van der Waals surface area contributed by atoms with Gasteiger partial charge in [0.2, 0.25) is 0 Å². The van der Waals surface area contributed by atoms with Crippen LogP contribution in [0.1, 0.15) is 20.8 Å². The third kappa shape index (κ3) is 9.76. The van der Waals surface area contributed by atoms with Gasteiger partial charge in [-0.2, -0.15) is 13.2 Å². The summed E-state index contributed by atoms with van der Waals surface area (Å²) in [4.78, 5) is 2.14. The van der Waals surface area contributed by atoms with Gasteiger partial charge in [-0.3, -0.25) is 0 Å². The van der Waals surface area contributed by atoms with Crippen molar-refractivity contribution in [1.82, 2.24) is 0 Å². The fraction of sp³-hybridized carbons (Fsp3) is 0.571. The Hall–Kier alpha value is -0.820. The molecule has 0 fully saturated rings. The van der Waals surface area contributed by atoms with Crippen molar-refractivity contribution in [1.29, 1.82) is 0 Å². The van der Waals surface area contributed by atoms with Crippen LogP contribution in [-0.4, -0.2) is 47.1 Å². The van der Waals surface area contributed by atoms with E-state index in [9.17, 15) is 30.0 Å². The zero-order valence-corrected chi connectivity index (χ0v) is 17.1. The first-order valence-electron chi connectivity index (χ1n) is 7.68. The van der Waals surface area contributed by atoms with E-state index in [0.717, 1.165) is 0 Å². The van der Waals surface area contributed by atoms with Gasteiger partial charge in [0, 0.05) is 4.90 Å². The van der Waals surface area contributed by atoms with Crippen molar-refractivity contribution in [3.05, 3.63) is 34.5 Å². The lowest BCUT2D eigenvalue weighted by molar-refractivity contribution is -0.894. The molecule has 12 heteroatoms. The van der Waals surface area contributed by atoms with Crippen molar-refractivity contribution in [2.45, 2.75) is 31.2 Å². The van der Waals surface area contributed by atoms with Crippen molar-refractivity contribution in [3.63, 3.8) is 0 Å². The summed E-state index contributed by atoms with van der Waals surface area (Å²) in [6.07, 6.45) is 0. The normalized spacial score (nSPS) is 12.6. The van der Waals surface area contributed by atoms with E-state index in [1.54, 1.807) is 23.1 Å². The molecule has 6 nitrogen and oxygen atoms in total. The van der Waals surface area contributed by atoms with Crippen LogP contribution in [0.2, 0.25) is 0 Å². The number of rotatable bonds is 8. The van der Waals surface area contributed by atoms with Crippen LogP contribution in [0.4, 0.5) is 13.2 Å². The molecule has 0 aliphatic carbocycles. The maximum Gasteiger partial charge on any atom is 0.480 e. The average Bonchev–Trinajstić information content (AvgIpc) is 2.54. The molecule has 0 saturated heterocycles. The Balaban J connectivity index is 0.000000758. The lowest BCUT2D eigenvalue weighted by Crippen LogP contribution is -3.11. The molecule has 0 atom stereocenters. The molecule has 0 aromatic heterocycles. The zero-order chi connectivity index (χ0) is 20.4. The second kappa shape index (κ2) is 11.1. The quantitative estimate of drug-likeness (QED) is 0.632. The van der Waals surface area contributed by atoms with Crippen LogP contribution in [0, 0.1) is 0 Å². The van der Waals surface area contributed by atoms with Gasteiger partial charge in [0.25, 0.3) is 0 Å². The van der Waals surface area contributed by atoms with Gasteiger partial charge in [0.05, 0.1) is 34.7 Å². The predicted molar refractivity (Wildman–Crippen MR) is 97.0 cm³/mol. The first-order chi connectivity index (χ1) is 11.9. The molecule has 0 amide bonds. The molecular weight excluding hydrogens is 413 g/mol. The smallest absolute Gasteiger partial charge is 0.428 e. The van der Waals surface area contributed by atoms with Crippen LogP contribution in [0.5, 0.6) is 0 Å². The molecule has 0 radical (unpaired) electrons. The Morgan fingerprint density at radius 2 is 1.42 bits per heavy atom. The Kier molecular flexibility index (Phi) is 10.8. The summed E-state index contributed by atoms with van der Waals surface area (Å²) in [5.41, 5.74) is -5.72. The summed E-state index contributed by atoms with van der Waals surface area (Å²) < 4.78 is 81.4. The number of nitrogens with zero attached hydrogens (tertiary/aromatic N) is 1. The lowest BCUT2D eigenvalue weighted by atomic mass is 10.4. The van der Waals surface area contributed by atoms with E-state index in [4.69, 9.17) is 0 Å². The molecule has 1 rings (SSSR count). The molecule has 0 heterocycles. The highest BCUT2D eigenvalue weighted by Crippen LogP contribution is 2.31. The molecule has 0 bridgehead atoms. The first-order valence-corrected chi connectivity index (χ1v) is 11.7. The van der Waals surface area contributed by atoms with Crippen molar-refractivity contribution in [3.8, 4) is 0 Å². The minimum atomic E-state index is -6.04. The highest BCUT2D eigenvalue weighted by atomic mass is 32.3. The number of quaternary nitrogens is 1. The number of hydrogen-bond acceptors (Lipinski definition) is 5. The first kappa shape index (κ1) is 25.2. The summed E-state index contributed by atoms with van der Waals surface area (Å²) >= 11 is 0.665. The molecule has 26 heavy (non-hydrogen) atoms. The molecule has 0 aliphatic rings. The van der Waals surface area contributed by atoms with Crippen molar-refractivity contribution < 1.29 is 34.9 Å². The van der Waals surface area contributed by atoms with Gasteiger partial charge in [-0.05, 0) is 32.9 Å². The molecule has 0 aliphatic heterocycles. The number of alkyl halides is 3. The zero-order valence-electron chi connectivity index (χ0n) is 14.7. The molecule has 0 unspecified atom stereocenters. The second-order valence-electron chi connectivity index (χ2n) is 4.96. The Bertz CT molecular complexity index is 714. The van der Waals surface area contributed by atoms with Gasteiger partial charge in [0.1, 0.15) is 0 Å². The van der Waals surface area contributed by atoms with E-state index >= 15 is 0 Å². The van der Waals surface area contributed by atoms with Crippen molar-refractivity contribution >= 4 is 31.8 Å². The molecule has 0 spiro atoms. The van der Waals surface area contributed by atoms with Crippen molar-refractivity contribution in [2.24, 2.45) is 0 Å². The number of nitrogens with one attached hydrogen (secondary N) is 1. The fourth-order valence-corrected chi connectivity index (χ4v) is 5.21. The van der Waals surface area contributed by atoms with Gasteiger partial charge < -0.3 is 9.03 Å². The Morgan fingerprint density at radius 3 is 1.77 bits per heavy atom. The van der Waals surface area contributed by atoms with E-state index in [1.807, 2.05) is 4.13 Å². The van der Waals surface area contributed by atoms with Gasteiger partial charge in [-0.1, -0.05) is 18.2 Å². The Labute approximate surface area is 157 Å². The molecule has 1 aromatic carbocycles. The van der Waals surface area contributed by atoms with Crippen LogP contribution in [0.15, 0.2) is 35.2 Å². The third-order valence-corrected chi connectivity index (χ3v) is 7.67. The molecule has 0 saturated carbocycles. The van der Waals surface area contributed by atoms with Crippen LogP contribution in [-0.2, 0) is 20.0 Å². The number of halogens is 3. The minimum Gasteiger partial charge on any atom is -0.428 e. The number of benzene rings is 1. The predicted octanol–water partition coefficient (Wildman–Crippen LogP) is 2.22. The number of sulfonamides is 2. The minimum absolute atomic E-state index is 0.464. The summed E-state index contributed by atoms with van der Waals surface area (Å²) in [7, 11) is -10.8. The maximum absolute atomic E-state index is 12.0. The highest BCUT2D eigenvalue weighted by molar-refractivity contribution is 8.19. The van der Waals surface area contributed by atoms with Crippen LogP contribution < -0.4 is 4.90 Å². The molecule has 1 N–H and O–H groups in total. The third-order valence-electron chi connectivity index (χ3n) is 3.12. The molecular formula is C14H23F3N2O4S3. The second-order valence-corrected chi connectivity index (χ2v) is 9.84. The van der Waals surface area contributed by atoms with E-state index < -0.39 is 30.6 Å². The van der Waals surface area contributed by atoms with Gasteiger partial charge in [-0.25, -0.2) is 16.8 Å². The number of thioether (sulfide) groups is 1. The largest absolute Gasteiger partial charge is 0.480 e. The van der Waals surface area contributed by atoms with Gasteiger partial charge >= 0.3 is 5.51 Å². The van der Waals surface area contributed by atoms with E-state index in [0.29, 0.717) is 16.7 Å². The van der Waals surface area contributed by atoms with Crippen LogP contribution in [0.25, 0.3) is 4.13 Å². The number of hydrogen-bond donors (Lipinski definition) is 1. The molecule has 1 aromatic rings. The SMILES string of the molecule is CC[NH+](CC)CC.O=S(=O)(CSc1ccccc1)[N-]S(=O)(=O)C(F)(F)F. The van der Waals surface area contributed by atoms with Crippen LogP contribution >= 0.6 is 11.8 Å². The van der Waals surface area contributed by atoms with E-state index in [1.165, 1.54) is 31.8 Å². The van der Waals surface area contributed by atoms with Crippen LogP contribution in [0.3, 0.4) is 0 Å². The summed E-state index contributed by atoms with van der Waals surface area (Å²) in [5.74, 6) is 0. The standard InChI is InChI=1S/C8H7F3NO4S3.C6H15N/c9-8(10,11)19(15,16)12-18(13,14)6-17-7-4-2-1-3-5-7;1-4-7(5-2)6-3/h1-5H,6H2;4-6H2,1-3H3/q-1;/p+1. The highest BCUT2D eigenvalue weighted by Gasteiger charge is 2.40. The van der Waals surface area contributed by atoms with E-state index in [-0.39, 0.29) is 0 Å². The lowest BCUT2D eigenvalue weighted by Gasteiger charge is -2.21. The van der Waals surface area contributed by atoms with Gasteiger partial charge in [-0.15, -0.1) is 11.8 Å². The monoisotopic (exact) mass is 436 g/mol. The average molecular weight is 437 g/mol. The molecule has 152 valence electrons. The summed E-state index contributed by atoms with van der Waals surface area (Å²) in [5, 5.41) is -0.897. The fourth-order valence-electron chi connectivity index (χ4n) is 1.62. The maximum atomic E-state index is 12.0. The topological polar surface area (TPSA) is 86.8 Å².